The summed E-state index contributed by atoms with van der Waals surface area (Å²) in [4.78, 5) is 0. The molecule has 0 unspecified atom stereocenters. The number of phenols is 2. The first-order chi connectivity index (χ1) is 11.5. The third-order valence-corrected chi connectivity index (χ3v) is 3.73. The monoisotopic (exact) mass is 328 g/mol. The molecule has 0 saturated heterocycles. The van der Waals surface area contributed by atoms with Gasteiger partial charge in [0.05, 0.1) is 7.11 Å². The molecule has 0 saturated carbocycles. The van der Waals surface area contributed by atoms with Gasteiger partial charge in [-0.2, -0.15) is 0 Å². The highest BCUT2D eigenvalue weighted by Crippen LogP contribution is 2.37. The molecule has 0 fully saturated rings. The van der Waals surface area contributed by atoms with Crippen LogP contribution in [-0.2, 0) is 0 Å². The van der Waals surface area contributed by atoms with Crippen molar-refractivity contribution in [2.24, 2.45) is 0 Å². The third kappa shape index (κ3) is 2.88. The Morgan fingerprint density at radius 2 is 1.46 bits per heavy atom. The number of aromatic hydroxyl groups is 2. The Kier molecular flexibility index (Phi) is 4.08. The first kappa shape index (κ1) is 15.8. The quantitative estimate of drug-likeness (QED) is 0.731. The van der Waals surface area contributed by atoms with E-state index in [0.29, 0.717) is 11.3 Å². The summed E-state index contributed by atoms with van der Waals surface area (Å²) in [6.45, 7) is 0. The zero-order valence-corrected chi connectivity index (χ0v) is 12.8. The second-order valence-corrected chi connectivity index (χ2v) is 5.24. The number of phenolic OH excluding ortho intramolecular Hbond substituents is 2. The molecule has 0 spiro atoms. The molecule has 0 aromatic heterocycles. The molecule has 5 heteroatoms. The standard InChI is InChI=1S/C19H14F2O3/c1-24-13-4-7-19(23)16(10-13)14-5-2-11(8-17(14)21)15-9-12(20)3-6-18(15)22/h2-10,22-23H,1H3. The minimum absolute atomic E-state index is 0.0870. The van der Waals surface area contributed by atoms with Gasteiger partial charge in [0.1, 0.15) is 28.9 Å². The van der Waals surface area contributed by atoms with Crippen LogP contribution in [0.1, 0.15) is 0 Å². The minimum Gasteiger partial charge on any atom is -0.507 e. The molecule has 0 aliphatic heterocycles. The Hall–Kier alpha value is -3.08. The number of hydrogen-bond donors (Lipinski definition) is 2. The van der Waals surface area contributed by atoms with Gasteiger partial charge < -0.3 is 14.9 Å². The van der Waals surface area contributed by atoms with Gasteiger partial charge in [-0.15, -0.1) is 0 Å². The largest absolute Gasteiger partial charge is 0.507 e. The fourth-order valence-corrected chi connectivity index (χ4v) is 2.50. The van der Waals surface area contributed by atoms with Gasteiger partial charge >= 0.3 is 0 Å². The van der Waals surface area contributed by atoms with Crippen molar-refractivity contribution in [2.45, 2.75) is 0 Å². The molecule has 24 heavy (non-hydrogen) atoms. The second-order valence-electron chi connectivity index (χ2n) is 5.24. The van der Waals surface area contributed by atoms with Crippen molar-refractivity contribution in [3.63, 3.8) is 0 Å². The lowest BCUT2D eigenvalue weighted by Crippen LogP contribution is -1.90. The van der Waals surface area contributed by atoms with E-state index in [4.69, 9.17) is 4.74 Å². The van der Waals surface area contributed by atoms with Crippen LogP contribution in [0, 0.1) is 11.6 Å². The molecule has 0 aliphatic carbocycles. The summed E-state index contributed by atoms with van der Waals surface area (Å²) in [5.74, 6) is -0.893. The fraction of sp³-hybridized carbons (Fsp3) is 0.0526. The van der Waals surface area contributed by atoms with E-state index in [0.717, 1.165) is 12.1 Å². The number of benzene rings is 3. The van der Waals surface area contributed by atoms with E-state index in [9.17, 15) is 19.0 Å². The Balaban J connectivity index is 2.10. The predicted octanol–water partition coefficient (Wildman–Crippen LogP) is 4.72. The second kappa shape index (κ2) is 6.20. The van der Waals surface area contributed by atoms with Gasteiger partial charge in [0, 0.05) is 16.7 Å². The van der Waals surface area contributed by atoms with Crippen LogP contribution < -0.4 is 4.74 Å². The van der Waals surface area contributed by atoms with Crippen molar-refractivity contribution >= 4 is 0 Å². The topological polar surface area (TPSA) is 49.7 Å². The molecular formula is C19H14F2O3. The molecule has 0 amide bonds. The maximum absolute atomic E-state index is 14.5. The summed E-state index contributed by atoms with van der Waals surface area (Å²) >= 11 is 0. The Labute approximate surface area is 137 Å². The first-order valence-electron chi connectivity index (χ1n) is 7.15. The number of hydrogen-bond acceptors (Lipinski definition) is 3. The van der Waals surface area contributed by atoms with Crippen LogP contribution in [-0.4, -0.2) is 17.3 Å². The van der Waals surface area contributed by atoms with E-state index in [-0.39, 0.29) is 28.2 Å². The highest BCUT2D eigenvalue weighted by atomic mass is 19.1. The van der Waals surface area contributed by atoms with E-state index >= 15 is 0 Å². The van der Waals surface area contributed by atoms with Crippen molar-refractivity contribution in [1.82, 2.24) is 0 Å². The first-order valence-corrected chi connectivity index (χ1v) is 7.15. The lowest BCUT2D eigenvalue weighted by molar-refractivity contribution is 0.412. The number of rotatable bonds is 3. The number of methoxy groups -OCH3 is 1. The summed E-state index contributed by atoms with van der Waals surface area (Å²) < 4.78 is 33.0. The molecule has 3 rings (SSSR count). The molecule has 0 bridgehead atoms. The van der Waals surface area contributed by atoms with Gasteiger partial charge in [0.2, 0.25) is 0 Å². The molecule has 122 valence electrons. The van der Waals surface area contributed by atoms with Gasteiger partial charge in [-0.1, -0.05) is 12.1 Å². The van der Waals surface area contributed by atoms with Gasteiger partial charge in [0.15, 0.2) is 0 Å². The third-order valence-electron chi connectivity index (χ3n) is 3.73. The van der Waals surface area contributed by atoms with Gasteiger partial charge in [-0.3, -0.25) is 0 Å². The molecule has 0 heterocycles. The maximum Gasteiger partial charge on any atom is 0.131 e. The summed E-state index contributed by atoms with van der Waals surface area (Å²) in [6, 6.07) is 12.2. The zero-order valence-electron chi connectivity index (χ0n) is 12.8. The SMILES string of the molecule is COc1ccc(O)c(-c2ccc(-c3cc(F)ccc3O)cc2F)c1. The van der Waals surface area contributed by atoms with Crippen molar-refractivity contribution in [2.75, 3.05) is 7.11 Å². The van der Waals surface area contributed by atoms with E-state index in [1.807, 2.05) is 0 Å². The maximum atomic E-state index is 14.5. The van der Waals surface area contributed by atoms with Crippen LogP contribution in [0.2, 0.25) is 0 Å². The summed E-state index contributed by atoms with van der Waals surface area (Å²) in [6.07, 6.45) is 0. The lowest BCUT2D eigenvalue weighted by atomic mass is 9.98. The van der Waals surface area contributed by atoms with Gasteiger partial charge in [0.25, 0.3) is 0 Å². The van der Waals surface area contributed by atoms with Gasteiger partial charge in [-0.25, -0.2) is 8.78 Å². The highest BCUT2D eigenvalue weighted by Gasteiger charge is 2.14. The van der Waals surface area contributed by atoms with E-state index in [1.165, 1.54) is 37.4 Å². The normalized spacial score (nSPS) is 10.6. The summed E-state index contributed by atoms with van der Waals surface area (Å²) in [5, 5.41) is 19.8. The van der Waals surface area contributed by atoms with Crippen molar-refractivity contribution in [1.29, 1.82) is 0 Å². The highest BCUT2D eigenvalue weighted by molar-refractivity contribution is 5.77. The molecule has 3 nitrogen and oxygen atoms in total. The van der Waals surface area contributed by atoms with Gasteiger partial charge in [-0.05, 0) is 48.0 Å². The van der Waals surface area contributed by atoms with Crippen LogP contribution in [0.3, 0.4) is 0 Å². The van der Waals surface area contributed by atoms with Crippen LogP contribution in [0.25, 0.3) is 22.3 Å². The Bertz CT molecular complexity index is 907. The predicted molar refractivity (Wildman–Crippen MR) is 87.1 cm³/mol. The van der Waals surface area contributed by atoms with Crippen molar-refractivity contribution < 1.29 is 23.7 Å². The van der Waals surface area contributed by atoms with E-state index in [1.54, 1.807) is 12.1 Å². The lowest BCUT2D eigenvalue weighted by Gasteiger charge is -2.11. The van der Waals surface area contributed by atoms with Crippen LogP contribution in [0.4, 0.5) is 8.78 Å². The molecule has 2 N–H and O–H groups in total. The molecule has 0 aliphatic rings. The average molecular weight is 328 g/mol. The number of halogens is 2. The molecular weight excluding hydrogens is 314 g/mol. The van der Waals surface area contributed by atoms with Crippen molar-refractivity contribution in [3.8, 4) is 39.5 Å². The van der Waals surface area contributed by atoms with Crippen LogP contribution in [0.15, 0.2) is 54.6 Å². The summed E-state index contributed by atoms with van der Waals surface area (Å²) in [5.41, 5.74) is 0.971. The van der Waals surface area contributed by atoms with E-state index < -0.39 is 11.6 Å². The minimum atomic E-state index is -0.611. The molecule has 0 atom stereocenters. The fourth-order valence-electron chi connectivity index (χ4n) is 2.50. The molecule has 0 radical (unpaired) electrons. The van der Waals surface area contributed by atoms with E-state index in [2.05, 4.69) is 0 Å². The Morgan fingerprint density at radius 3 is 2.17 bits per heavy atom. The van der Waals surface area contributed by atoms with Crippen LogP contribution >= 0.6 is 0 Å². The van der Waals surface area contributed by atoms with Crippen molar-refractivity contribution in [3.05, 3.63) is 66.2 Å². The molecule has 3 aromatic carbocycles. The summed E-state index contributed by atoms with van der Waals surface area (Å²) in [7, 11) is 1.47. The molecule has 3 aromatic rings. The Morgan fingerprint density at radius 1 is 0.750 bits per heavy atom. The zero-order chi connectivity index (χ0) is 17.3. The van der Waals surface area contributed by atoms with Crippen LogP contribution in [0.5, 0.6) is 17.2 Å². The average Bonchev–Trinajstić information content (AvgIpc) is 2.58. The number of ether oxygens (including phenoxy) is 1. The smallest absolute Gasteiger partial charge is 0.131 e.